The molecule has 1 aromatic heterocycles. The first-order valence-corrected chi connectivity index (χ1v) is 10.1. The van der Waals surface area contributed by atoms with Gasteiger partial charge < -0.3 is 20.4 Å². The molecule has 0 unspecified atom stereocenters. The molecule has 0 radical (unpaired) electrons. The fourth-order valence-corrected chi connectivity index (χ4v) is 3.46. The molecule has 0 bridgehead atoms. The Morgan fingerprint density at radius 3 is 2.61 bits per heavy atom. The van der Waals surface area contributed by atoms with Gasteiger partial charge in [-0.25, -0.2) is 13.6 Å². The van der Waals surface area contributed by atoms with Gasteiger partial charge in [0.1, 0.15) is 28.5 Å². The van der Waals surface area contributed by atoms with Crippen molar-refractivity contribution in [3.63, 3.8) is 0 Å². The van der Waals surface area contributed by atoms with Crippen LogP contribution in [0.3, 0.4) is 0 Å². The van der Waals surface area contributed by atoms with Crippen LogP contribution in [0.2, 0.25) is 0 Å². The minimum Gasteiger partial charge on any atom is -0.487 e. The Hall–Kier alpha value is -3.20. The number of hydrogen-bond acceptors (Lipinski definition) is 3. The molecule has 6 nitrogen and oxygen atoms in total. The summed E-state index contributed by atoms with van der Waals surface area (Å²) in [6, 6.07) is 11.7. The lowest BCUT2D eigenvalue weighted by molar-refractivity contribution is 0.248. The smallest absolute Gasteiger partial charge is 0.312 e. The van der Waals surface area contributed by atoms with Gasteiger partial charge in [-0.3, -0.25) is 4.79 Å². The predicted octanol–water partition coefficient (Wildman–Crippen LogP) is 3.99. The molecule has 0 saturated carbocycles. The number of aromatic nitrogens is 1. The van der Waals surface area contributed by atoms with E-state index in [9.17, 15) is 18.4 Å². The number of aryl methyl sites for hydroxylation is 1. The number of pyridine rings is 1. The highest BCUT2D eigenvalue weighted by Crippen LogP contribution is 2.24. The third kappa shape index (κ3) is 5.69. The van der Waals surface area contributed by atoms with Gasteiger partial charge in [-0.05, 0) is 46.1 Å². The molecule has 3 rings (SSSR count). The van der Waals surface area contributed by atoms with E-state index in [2.05, 4.69) is 21.2 Å². The summed E-state index contributed by atoms with van der Waals surface area (Å²) in [4.78, 5) is 23.8. The van der Waals surface area contributed by atoms with Gasteiger partial charge in [0.2, 0.25) is 0 Å². The number of amides is 2. The van der Waals surface area contributed by atoms with Crippen molar-refractivity contribution < 1.29 is 18.3 Å². The summed E-state index contributed by atoms with van der Waals surface area (Å²) in [6.45, 7) is 2.20. The van der Waals surface area contributed by atoms with Gasteiger partial charge >= 0.3 is 6.03 Å². The van der Waals surface area contributed by atoms with Gasteiger partial charge in [-0.15, -0.1) is 0 Å². The monoisotopic (exact) mass is 491 g/mol. The summed E-state index contributed by atoms with van der Waals surface area (Å²) in [7, 11) is 0. The molecule has 0 fully saturated rings. The number of primary amides is 1. The molecular formula is C22H20BrF2N3O3. The molecule has 2 amide bonds. The normalized spacial score (nSPS) is 10.7. The highest BCUT2D eigenvalue weighted by molar-refractivity contribution is 9.10. The Morgan fingerprint density at radius 1 is 1.16 bits per heavy atom. The summed E-state index contributed by atoms with van der Waals surface area (Å²) in [5.74, 6) is -1.12. The number of halogens is 3. The number of benzene rings is 2. The zero-order valence-electron chi connectivity index (χ0n) is 16.6. The summed E-state index contributed by atoms with van der Waals surface area (Å²) < 4.78 is 34.2. The molecule has 9 heteroatoms. The van der Waals surface area contributed by atoms with Gasteiger partial charge in [0.25, 0.3) is 5.56 Å². The molecule has 0 aliphatic carbocycles. The van der Waals surface area contributed by atoms with Crippen LogP contribution in [0.1, 0.15) is 22.4 Å². The van der Waals surface area contributed by atoms with Crippen LogP contribution in [0.15, 0.2) is 57.8 Å². The van der Waals surface area contributed by atoms with Crippen molar-refractivity contribution in [2.24, 2.45) is 5.73 Å². The molecule has 0 aliphatic rings. The summed E-state index contributed by atoms with van der Waals surface area (Å²) >= 11 is 3.26. The van der Waals surface area contributed by atoms with Crippen LogP contribution >= 0.6 is 15.9 Å². The van der Waals surface area contributed by atoms with Crippen LogP contribution in [0.5, 0.6) is 5.75 Å². The number of hydrogen-bond donors (Lipinski definition) is 2. The Bertz CT molecular complexity index is 1180. The zero-order chi connectivity index (χ0) is 22.5. The van der Waals surface area contributed by atoms with Gasteiger partial charge in [0, 0.05) is 29.9 Å². The van der Waals surface area contributed by atoms with Crippen molar-refractivity contribution >= 4 is 22.0 Å². The second kappa shape index (κ2) is 9.74. The van der Waals surface area contributed by atoms with E-state index in [1.54, 1.807) is 17.6 Å². The number of carbonyl (C=O) groups is 1. The van der Waals surface area contributed by atoms with E-state index in [1.807, 2.05) is 24.3 Å². The Labute approximate surface area is 185 Å². The topological polar surface area (TPSA) is 86.3 Å². The van der Waals surface area contributed by atoms with E-state index < -0.39 is 17.7 Å². The average molecular weight is 492 g/mol. The fourth-order valence-electron chi connectivity index (χ4n) is 3.02. The molecule has 1 heterocycles. The number of carbonyl (C=O) groups excluding carboxylic acids is 1. The second-order valence-corrected chi connectivity index (χ2v) is 7.71. The number of nitrogens with one attached hydrogen (secondary N) is 1. The van der Waals surface area contributed by atoms with Gasteiger partial charge in [0.15, 0.2) is 0 Å². The standard InChI is InChI=1S/C22H20BrF2N3O3/c1-13-7-19(31-12-16-5-6-17(24)9-18(16)25)20(23)21(29)28(13)11-15-4-2-3-14(8-15)10-27-22(26)30/h2-9H,10-12H2,1H3,(H3,26,27,30). The van der Waals surface area contributed by atoms with E-state index in [-0.39, 0.29) is 34.5 Å². The quantitative estimate of drug-likeness (QED) is 0.523. The first-order valence-electron chi connectivity index (χ1n) is 9.32. The summed E-state index contributed by atoms with van der Waals surface area (Å²) in [5.41, 5.74) is 7.32. The van der Waals surface area contributed by atoms with E-state index >= 15 is 0 Å². The van der Waals surface area contributed by atoms with Crippen molar-refractivity contribution in [3.8, 4) is 5.75 Å². The maximum absolute atomic E-state index is 13.8. The minimum atomic E-state index is -0.716. The molecule has 0 atom stereocenters. The lowest BCUT2D eigenvalue weighted by atomic mass is 10.1. The minimum absolute atomic E-state index is 0.150. The Morgan fingerprint density at radius 2 is 1.90 bits per heavy atom. The van der Waals surface area contributed by atoms with Gasteiger partial charge in [-0.1, -0.05) is 24.3 Å². The van der Waals surface area contributed by atoms with E-state index in [4.69, 9.17) is 10.5 Å². The first kappa shape index (κ1) is 22.5. The van der Waals surface area contributed by atoms with Crippen LogP contribution in [0.25, 0.3) is 0 Å². The van der Waals surface area contributed by atoms with Crippen molar-refractivity contribution in [1.82, 2.24) is 9.88 Å². The predicted molar refractivity (Wildman–Crippen MR) is 116 cm³/mol. The average Bonchev–Trinajstić information content (AvgIpc) is 2.72. The fraction of sp³-hybridized carbons (Fsp3) is 0.182. The van der Waals surface area contributed by atoms with Crippen LogP contribution in [0.4, 0.5) is 13.6 Å². The highest BCUT2D eigenvalue weighted by atomic mass is 79.9. The van der Waals surface area contributed by atoms with E-state index in [0.717, 1.165) is 23.3 Å². The first-order chi connectivity index (χ1) is 14.7. The van der Waals surface area contributed by atoms with Crippen molar-refractivity contribution in [3.05, 3.63) is 97.4 Å². The van der Waals surface area contributed by atoms with Crippen LogP contribution in [-0.2, 0) is 19.7 Å². The lowest BCUT2D eigenvalue weighted by Crippen LogP contribution is -2.28. The molecule has 0 aliphatic heterocycles. The number of nitrogens with zero attached hydrogens (tertiary/aromatic N) is 1. The zero-order valence-corrected chi connectivity index (χ0v) is 18.2. The molecule has 0 saturated heterocycles. The van der Waals surface area contributed by atoms with Crippen LogP contribution in [-0.4, -0.2) is 10.6 Å². The number of nitrogens with two attached hydrogens (primary N) is 1. The number of urea groups is 1. The SMILES string of the molecule is Cc1cc(OCc2ccc(F)cc2F)c(Br)c(=O)n1Cc1cccc(CNC(N)=O)c1. The molecule has 2 aromatic carbocycles. The molecule has 3 aromatic rings. The summed E-state index contributed by atoms with van der Waals surface area (Å²) in [5, 5.41) is 2.53. The highest BCUT2D eigenvalue weighted by Gasteiger charge is 2.14. The Balaban J connectivity index is 1.79. The number of rotatable bonds is 7. The van der Waals surface area contributed by atoms with Crippen LogP contribution in [0, 0.1) is 18.6 Å². The third-order valence-corrected chi connectivity index (χ3v) is 5.34. The maximum Gasteiger partial charge on any atom is 0.312 e. The van der Waals surface area contributed by atoms with E-state index in [1.165, 1.54) is 6.07 Å². The van der Waals surface area contributed by atoms with Crippen molar-refractivity contribution in [2.45, 2.75) is 26.6 Å². The molecule has 31 heavy (non-hydrogen) atoms. The maximum atomic E-state index is 13.8. The Kier molecular flexibility index (Phi) is 7.06. The molecular weight excluding hydrogens is 472 g/mol. The largest absolute Gasteiger partial charge is 0.487 e. The summed E-state index contributed by atoms with van der Waals surface area (Å²) in [6.07, 6.45) is 0. The van der Waals surface area contributed by atoms with Gasteiger partial charge in [-0.2, -0.15) is 0 Å². The molecule has 162 valence electrons. The third-order valence-electron chi connectivity index (χ3n) is 4.61. The number of ether oxygens (including phenoxy) is 1. The second-order valence-electron chi connectivity index (χ2n) is 6.92. The lowest BCUT2D eigenvalue weighted by Gasteiger charge is -2.15. The van der Waals surface area contributed by atoms with Gasteiger partial charge in [0.05, 0.1) is 6.54 Å². The van der Waals surface area contributed by atoms with Crippen molar-refractivity contribution in [1.29, 1.82) is 0 Å². The molecule has 3 N–H and O–H groups in total. The van der Waals surface area contributed by atoms with Crippen molar-refractivity contribution in [2.75, 3.05) is 0 Å². The van der Waals surface area contributed by atoms with E-state index in [0.29, 0.717) is 12.2 Å². The molecule has 0 spiro atoms. The van der Waals surface area contributed by atoms with Crippen LogP contribution < -0.4 is 21.3 Å².